The first-order valence-electron chi connectivity index (χ1n) is 4.69. The Morgan fingerprint density at radius 2 is 2.31 bits per heavy atom. The van der Waals surface area contributed by atoms with Gasteiger partial charge in [0.15, 0.2) is 0 Å². The van der Waals surface area contributed by atoms with Crippen LogP contribution in [0.3, 0.4) is 0 Å². The summed E-state index contributed by atoms with van der Waals surface area (Å²) in [5.74, 6) is -0.390. The molecule has 0 saturated carbocycles. The molecular weight excluding hydrogens is 209 g/mol. The van der Waals surface area contributed by atoms with Gasteiger partial charge in [-0.05, 0) is 19.1 Å². The van der Waals surface area contributed by atoms with Crippen molar-refractivity contribution in [2.24, 2.45) is 5.16 Å². The predicted octanol–water partition coefficient (Wildman–Crippen LogP) is 2.21. The summed E-state index contributed by atoms with van der Waals surface area (Å²) in [6.45, 7) is 1.60. The summed E-state index contributed by atoms with van der Waals surface area (Å²) >= 11 is 0. The molecule has 0 unspecified atom stereocenters. The molecule has 0 aliphatic heterocycles. The Labute approximate surface area is 91.7 Å². The highest BCUT2D eigenvalue weighted by Gasteiger charge is 2.06. The van der Waals surface area contributed by atoms with E-state index in [0.717, 1.165) is 0 Å². The van der Waals surface area contributed by atoms with E-state index < -0.39 is 5.82 Å². The van der Waals surface area contributed by atoms with Crippen molar-refractivity contribution in [3.05, 3.63) is 48.3 Å². The molecule has 4 nitrogen and oxygen atoms in total. The first-order chi connectivity index (χ1) is 7.72. The van der Waals surface area contributed by atoms with Gasteiger partial charge in [0.25, 0.3) is 0 Å². The lowest BCUT2D eigenvalue weighted by molar-refractivity contribution is 0.319. The molecule has 0 saturated heterocycles. The quantitative estimate of drug-likeness (QED) is 0.478. The second-order valence-corrected chi connectivity index (χ2v) is 3.32. The maximum atomic E-state index is 13.7. The zero-order valence-electron chi connectivity index (χ0n) is 8.63. The minimum Gasteiger partial charge on any atom is -0.411 e. The number of hydrogen-bond donors (Lipinski definition) is 1. The fourth-order valence-corrected chi connectivity index (χ4v) is 1.40. The molecule has 0 bridgehead atoms. The van der Waals surface area contributed by atoms with Gasteiger partial charge < -0.3 is 9.77 Å². The molecule has 2 rings (SSSR count). The Kier molecular flexibility index (Phi) is 2.68. The first kappa shape index (κ1) is 10.4. The molecule has 1 aromatic heterocycles. The van der Waals surface area contributed by atoms with Crippen molar-refractivity contribution in [3.63, 3.8) is 0 Å². The Bertz CT molecular complexity index is 520. The molecule has 16 heavy (non-hydrogen) atoms. The lowest BCUT2D eigenvalue weighted by atomic mass is 10.1. The third kappa shape index (κ3) is 1.79. The third-order valence-corrected chi connectivity index (χ3v) is 2.30. The first-order valence-corrected chi connectivity index (χ1v) is 4.69. The van der Waals surface area contributed by atoms with Crippen LogP contribution < -0.4 is 0 Å². The molecule has 0 radical (unpaired) electrons. The summed E-state index contributed by atoms with van der Waals surface area (Å²) in [5, 5.41) is 11.6. The summed E-state index contributed by atoms with van der Waals surface area (Å²) in [5.41, 5.74) is 1.33. The van der Waals surface area contributed by atoms with Crippen LogP contribution in [0.15, 0.2) is 42.1 Å². The molecule has 0 atom stereocenters. The van der Waals surface area contributed by atoms with E-state index in [-0.39, 0.29) is 0 Å². The highest BCUT2D eigenvalue weighted by Crippen LogP contribution is 2.15. The fraction of sp³-hybridized carbons (Fsp3) is 0.0909. The maximum Gasteiger partial charge on any atom is 0.147 e. The van der Waals surface area contributed by atoms with Gasteiger partial charge in [-0.15, -0.1) is 0 Å². The van der Waals surface area contributed by atoms with Crippen LogP contribution in [-0.4, -0.2) is 20.5 Å². The number of nitrogens with zero attached hydrogens (tertiary/aromatic N) is 3. The van der Waals surface area contributed by atoms with Gasteiger partial charge in [0.2, 0.25) is 0 Å². The Hall–Kier alpha value is -2.17. The number of halogens is 1. The van der Waals surface area contributed by atoms with Crippen molar-refractivity contribution in [2.45, 2.75) is 6.92 Å². The number of hydrogen-bond acceptors (Lipinski definition) is 3. The van der Waals surface area contributed by atoms with Gasteiger partial charge in [0.05, 0.1) is 17.7 Å². The molecule has 2 aromatic rings. The van der Waals surface area contributed by atoms with E-state index in [9.17, 15) is 4.39 Å². The lowest BCUT2D eigenvalue weighted by Crippen LogP contribution is -1.99. The molecule has 1 N–H and O–H groups in total. The largest absolute Gasteiger partial charge is 0.411 e. The van der Waals surface area contributed by atoms with E-state index >= 15 is 0 Å². The van der Waals surface area contributed by atoms with Gasteiger partial charge >= 0.3 is 0 Å². The smallest absolute Gasteiger partial charge is 0.147 e. The maximum absolute atomic E-state index is 13.7. The average molecular weight is 219 g/mol. The molecule has 0 aliphatic carbocycles. The van der Waals surface area contributed by atoms with E-state index in [0.29, 0.717) is 17.0 Å². The van der Waals surface area contributed by atoms with E-state index in [4.69, 9.17) is 5.21 Å². The summed E-state index contributed by atoms with van der Waals surface area (Å²) in [6, 6.07) is 4.62. The second-order valence-electron chi connectivity index (χ2n) is 3.32. The monoisotopic (exact) mass is 219 g/mol. The molecule has 5 heteroatoms. The minimum absolute atomic E-state index is 0.371. The zero-order valence-corrected chi connectivity index (χ0v) is 8.63. The molecule has 0 spiro atoms. The van der Waals surface area contributed by atoms with Crippen molar-refractivity contribution in [3.8, 4) is 5.69 Å². The van der Waals surface area contributed by atoms with Gasteiger partial charge in [-0.1, -0.05) is 11.2 Å². The van der Waals surface area contributed by atoms with Crippen LogP contribution >= 0.6 is 0 Å². The van der Waals surface area contributed by atoms with Crippen LogP contribution in [0.4, 0.5) is 4.39 Å². The van der Waals surface area contributed by atoms with Crippen molar-refractivity contribution >= 4 is 5.71 Å². The van der Waals surface area contributed by atoms with Crippen molar-refractivity contribution < 1.29 is 9.60 Å². The van der Waals surface area contributed by atoms with Crippen LogP contribution in [0.1, 0.15) is 12.5 Å². The summed E-state index contributed by atoms with van der Waals surface area (Å²) in [7, 11) is 0. The molecule has 82 valence electrons. The van der Waals surface area contributed by atoms with E-state index in [1.165, 1.54) is 12.4 Å². The second kappa shape index (κ2) is 4.14. The normalized spacial score (nSPS) is 11.8. The summed E-state index contributed by atoms with van der Waals surface area (Å²) in [4.78, 5) is 3.85. The van der Waals surface area contributed by atoms with E-state index in [2.05, 4.69) is 10.1 Å². The number of benzene rings is 1. The molecular formula is C11H10FN3O. The van der Waals surface area contributed by atoms with Gasteiger partial charge in [-0.25, -0.2) is 9.37 Å². The standard InChI is InChI=1S/C11H10FN3O/c1-8(14-16)9-2-3-11(10(12)6-9)15-5-4-13-7-15/h2-7,16H,1H3/b14-8-. The molecule has 1 heterocycles. The summed E-state index contributed by atoms with van der Waals surface area (Å²) in [6.07, 6.45) is 4.75. The highest BCUT2D eigenvalue weighted by molar-refractivity contribution is 5.98. The van der Waals surface area contributed by atoms with Crippen LogP contribution in [0.25, 0.3) is 5.69 Å². The highest BCUT2D eigenvalue weighted by atomic mass is 19.1. The number of imidazole rings is 1. The van der Waals surface area contributed by atoms with Crippen LogP contribution in [-0.2, 0) is 0 Å². The van der Waals surface area contributed by atoms with Crippen molar-refractivity contribution in [1.29, 1.82) is 0 Å². The SMILES string of the molecule is C/C(=N/O)c1ccc(-n2ccnc2)c(F)c1. The molecule has 0 fully saturated rings. The summed E-state index contributed by atoms with van der Waals surface area (Å²) < 4.78 is 15.3. The van der Waals surface area contributed by atoms with E-state index in [1.807, 2.05) is 0 Å². The number of rotatable bonds is 2. The van der Waals surface area contributed by atoms with E-state index in [1.54, 1.807) is 36.0 Å². The van der Waals surface area contributed by atoms with Gasteiger partial charge in [-0.2, -0.15) is 0 Å². The zero-order chi connectivity index (χ0) is 11.5. The van der Waals surface area contributed by atoms with Crippen LogP contribution in [0.5, 0.6) is 0 Å². The Morgan fingerprint density at radius 1 is 1.50 bits per heavy atom. The Balaban J connectivity index is 2.45. The predicted molar refractivity (Wildman–Crippen MR) is 57.5 cm³/mol. The number of oxime groups is 1. The molecule has 1 aromatic carbocycles. The lowest BCUT2D eigenvalue weighted by Gasteiger charge is -2.05. The molecule has 0 aliphatic rings. The topological polar surface area (TPSA) is 50.4 Å². The average Bonchev–Trinajstić information content (AvgIpc) is 2.81. The Morgan fingerprint density at radius 3 is 2.88 bits per heavy atom. The number of aromatic nitrogens is 2. The minimum atomic E-state index is -0.390. The van der Waals surface area contributed by atoms with Crippen molar-refractivity contribution in [2.75, 3.05) is 0 Å². The van der Waals surface area contributed by atoms with Crippen LogP contribution in [0.2, 0.25) is 0 Å². The fourth-order valence-electron chi connectivity index (χ4n) is 1.40. The van der Waals surface area contributed by atoms with Gasteiger partial charge in [0.1, 0.15) is 5.82 Å². The molecule has 0 amide bonds. The van der Waals surface area contributed by atoms with Gasteiger partial charge in [-0.3, -0.25) is 0 Å². The third-order valence-electron chi connectivity index (χ3n) is 2.30. The van der Waals surface area contributed by atoms with Crippen LogP contribution in [0, 0.1) is 5.82 Å². The van der Waals surface area contributed by atoms with Crippen molar-refractivity contribution in [1.82, 2.24) is 9.55 Å². The van der Waals surface area contributed by atoms with Gasteiger partial charge in [0, 0.05) is 18.0 Å².